The topological polar surface area (TPSA) is 49.4 Å². The lowest BCUT2D eigenvalue weighted by molar-refractivity contribution is -0.139. The summed E-state index contributed by atoms with van der Waals surface area (Å²) in [6.45, 7) is 6.47. The van der Waals surface area contributed by atoms with Crippen LogP contribution in [0.25, 0.3) is 0 Å². The fraction of sp³-hybridized carbons (Fsp3) is 0.310. The number of amides is 2. The number of rotatable bonds is 11. The van der Waals surface area contributed by atoms with Gasteiger partial charge in [0.1, 0.15) is 6.04 Å². The van der Waals surface area contributed by atoms with Crippen LogP contribution in [-0.2, 0) is 22.6 Å². The minimum atomic E-state index is -0.595. The van der Waals surface area contributed by atoms with Gasteiger partial charge in [0.05, 0.1) is 5.75 Å². The molecule has 0 saturated heterocycles. The second kappa shape index (κ2) is 13.0. The standard InChI is InChI=1S/C29H34N2O2S/c1-4-23(3)30-29(33)27(19-24-11-7-5-8-12-24)31(20-25-13-9-6-10-14-25)28(32)21-34-26-17-15-22(2)16-18-26/h5-18,23,27H,4,19-21H2,1-3H3,(H,30,33). The molecule has 3 aromatic carbocycles. The molecule has 0 aliphatic rings. The van der Waals surface area contributed by atoms with Gasteiger partial charge in [-0.25, -0.2) is 0 Å². The van der Waals surface area contributed by atoms with Crippen LogP contribution in [0.2, 0.25) is 0 Å². The van der Waals surface area contributed by atoms with Crippen molar-refractivity contribution in [2.75, 3.05) is 5.75 Å². The van der Waals surface area contributed by atoms with E-state index in [1.807, 2.05) is 106 Å². The zero-order valence-electron chi connectivity index (χ0n) is 20.2. The second-order valence-corrected chi connectivity index (χ2v) is 9.68. The number of nitrogens with zero attached hydrogens (tertiary/aromatic N) is 1. The van der Waals surface area contributed by atoms with E-state index >= 15 is 0 Å². The number of thioether (sulfide) groups is 1. The van der Waals surface area contributed by atoms with Crippen LogP contribution in [0.15, 0.2) is 89.8 Å². The SMILES string of the molecule is CCC(C)NC(=O)C(Cc1ccccc1)N(Cc1ccccc1)C(=O)CSc1ccc(C)cc1. The molecular formula is C29H34N2O2S. The normalized spacial score (nSPS) is 12.6. The first-order chi connectivity index (χ1) is 16.5. The largest absolute Gasteiger partial charge is 0.352 e. The van der Waals surface area contributed by atoms with E-state index in [1.165, 1.54) is 17.3 Å². The van der Waals surface area contributed by atoms with Crippen LogP contribution in [0, 0.1) is 6.92 Å². The number of carbonyl (C=O) groups excluding carboxylic acids is 2. The van der Waals surface area contributed by atoms with Gasteiger partial charge in [-0.1, -0.05) is 85.3 Å². The van der Waals surface area contributed by atoms with E-state index in [1.54, 1.807) is 4.90 Å². The number of benzene rings is 3. The van der Waals surface area contributed by atoms with Gasteiger partial charge in [-0.2, -0.15) is 0 Å². The fourth-order valence-corrected chi connectivity index (χ4v) is 4.42. The van der Waals surface area contributed by atoms with Crippen molar-refractivity contribution in [3.05, 3.63) is 102 Å². The lowest BCUT2D eigenvalue weighted by Crippen LogP contribution is -2.52. The minimum absolute atomic E-state index is 0.0429. The van der Waals surface area contributed by atoms with Crippen molar-refractivity contribution in [1.82, 2.24) is 10.2 Å². The van der Waals surface area contributed by atoms with Gasteiger partial charge in [-0.15, -0.1) is 11.8 Å². The van der Waals surface area contributed by atoms with E-state index in [0.717, 1.165) is 22.4 Å². The van der Waals surface area contributed by atoms with E-state index in [2.05, 4.69) is 5.32 Å². The van der Waals surface area contributed by atoms with E-state index in [4.69, 9.17) is 0 Å². The summed E-state index contributed by atoms with van der Waals surface area (Å²) in [6.07, 6.45) is 1.30. The van der Waals surface area contributed by atoms with Crippen LogP contribution in [0.5, 0.6) is 0 Å². The highest BCUT2D eigenvalue weighted by atomic mass is 32.2. The van der Waals surface area contributed by atoms with Crippen molar-refractivity contribution in [3.63, 3.8) is 0 Å². The van der Waals surface area contributed by atoms with E-state index in [0.29, 0.717) is 13.0 Å². The molecule has 5 heteroatoms. The molecule has 0 aromatic heterocycles. The number of hydrogen-bond donors (Lipinski definition) is 1. The average Bonchev–Trinajstić information content (AvgIpc) is 2.86. The molecule has 3 aromatic rings. The van der Waals surface area contributed by atoms with Crippen LogP contribution in [-0.4, -0.2) is 34.6 Å². The zero-order chi connectivity index (χ0) is 24.3. The lowest BCUT2D eigenvalue weighted by Gasteiger charge is -2.32. The zero-order valence-corrected chi connectivity index (χ0v) is 21.1. The number of aryl methyl sites for hydroxylation is 1. The molecule has 2 atom stereocenters. The molecule has 0 aliphatic heterocycles. The van der Waals surface area contributed by atoms with E-state index in [-0.39, 0.29) is 23.6 Å². The maximum Gasteiger partial charge on any atom is 0.243 e. The van der Waals surface area contributed by atoms with Crippen molar-refractivity contribution in [2.24, 2.45) is 0 Å². The van der Waals surface area contributed by atoms with Gasteiger partial charge in [-0.05, 0) is 43.5 Å². The monoisotopic (exact) mass is 474 g/mol. The molecule has 0 spiro atoms. The van der Waals surface area contributed by atoms with Gasteiger partial charge in [-0.3, -0.25) is 9.59 Å². The Morgan fingerprint density at radius 1 is 0.882 bits per heavy atom. The van der Waals surface area contributed by atoms with Crippen LogP contribution < -0.4 is 5.32 Å². The molecule has 0 bridgehead atoms. The predicted octanol–water partition coefficient (Wildman–Crippen LogP) is 5.64. The van der Waals surface area contributed by atoms with Gasteiger partial charge in [0.15, 0.2) is 0 Å². The van der Waals surface area contributed by atoms with E-state index < -0.39 is 6.04 Å². The molecule has 3 rings (SSSR count). The van der Waals surface area contributed by atoms with Crippen LogP contribution in [0.1, 0.15) is 37.0 Å². The summed E-state index contributed by atoms with van der Waals surface area (Å²) >= 11 is 1.51. The summed E-state index contributed by atoms with van der Waals surface area (Å²) < 4.78 is 0. The Bertz CT molecular complexity index is 1040. The molecule has 2 amide bonds. The van der Waals surface area contributed by atoms with Crippen molar-refractivity contribution < 1.29 is 9.59 Å². The third kappa shape index (κ3) is 7.77. The molecule has 1 N–H and O–H groups in total. The summed E-state index contributed by atoms with van der Waals surface area (Å²) in [5.41, 5.74) is 3.22. The van der Waals surface area contributed by atoms with E-state index in [9.17, 15) is 9.59 Å². The first kappa shape index (κ1) is 25.6. The fourth-order valence-electron chi connectivity index (χ4n) is 3.64. The second-order valence-electron chi connectivity index (χ2n) is 8.63. The number of hydrogen-bond acceptors (Lipinski definition) is 3. The van der Waals surface area contributed by atoms with Crippen LogP contribution in [0.3, 0.4) is 0 Å². The lowest BCUT2D eigenvalue weighted by atomic mass is 10.0. The summed E-state index contributed by atoms with van der Waals surface area (Å²) in [5.74, 6) is 0.120. The molecule has 178 valence electrons. The molecule has 0 heterocycles. The van der Waals surface area contributed by atoms with Crippen molar-refractivity contribution in [2.45, 2.75) is 57.1 Å². The summed E-state index contributed by atoms with van der Waals surface area (Å²) in [5, 5.41) is 3.11. The maximum absolute atomic E-state index is 13.6. The molecule has 0 aliphatic carbocycles. The molecule has 2 unspecified atom stereocenters. The highest BCUT2D eigenvalue weighted by molar-refractivity contribution is 8.00. The van der Waals surface area contributed by atoms with Crippen molar-refractivity contribution >= 4 is 23.6 Å². The molecule has 0 radical (unpaired) electrons. The number of nitrogens with one attached hydrogen (secondary N) is 1. The third-order valence-corrected chi connectivity index (χ3v) is 6.85. The Hall–Kier alpha value is -3.05. The number of carbonyl (C=O) groups is 2. The Morgan fingerprint density at radius 2 is 1.47 bits per heavy atom. The van der Waals surface area contributed by atoms with Gasteiger partial charge in [0, 0.05) is 23.9 Å². The Kier molecular flexibility index (Phi) is 9.77. The maximum atomic E-state index is 13.6. The van der Waals surface area contributed by atoms with Gasteiger partial charge >= 0.3 is 0 Å². The van der Waals surface area contributed by atoms with Crippen LogP contribution >= 0.6 is 11.8 Å². The highest BCUT2D eigenvalue weighted by Gasteiger charge is 2.30. The van der Waals surface area contributed by atoms with Crippen LogP contribution in [0.4, 0.5) is 0 Å². The van der Waals surface area contributed by atoms with Gasteiger partial charge < -0.3 is 10.2 Å². The molecule has 0 fully saturated rings. The first-order valence-corrected chi connectivity index (χ1v) is 12.8. The predicted molar refractivity (Wildman–Crippen MR) is 141 cm³/mol. The highest BCUT2D eigenvalue weighted by Crippen LogP contribution is 2.21. The molecule has 4 nitrogen and oxygen atoms in total. The Morgan fingerprint density at radius 3 is 2.06 bits per heavy atom. The summed E-state index contributed by atoms with van der Waals surface area (Å²) in [4.78, 5) is 29.9. The third-order valence-electron chi connectivity index (χ3n) is 5.85. The average molecular weight is 475 g/mol. The molecule has 0 saturated carbocycles. The molecule has 34 heavy (non-hydrogen) atoms. The van der Waals surface area contributed by atoms with Gasteiger partial charge in [0.25, 0.3) is 0 Å². The first-order valence-electron chi connectivity index (χ1n) is 11.8. The minimum Gasteiger partial charge on any atom is -0.352 e. The summed E-state index contributed by atoms with van der Waals surface area (Å²) in [6, 6.07) is 27.4. The summed E-state index contributed by atoms with van der Waals surface area (Å²) in [7, 11) is 0. The molecular weight excluding hydrogens is 440 g/mol. The van der Waals surface area contributed by atoms with Gasteiger partial charge in [0.2, 0.25) is 11.8 Å². The smallest absolute Gasteiger partial charge is 0.243 e. The quantitative estimate of drug-likeness (QED) is 0.366. The van der Waals surface area contributed by atoms with Crippen molar-refractivity contribution in [1.29, 1.82) is 0 Å². The van der Waals surface area contributed by atoms with Crippen molar-refractivity contribution in [3.8, 4) is 0 Å². The Balaban J connectivity index is 1.88. The Labute approximate surface area is 207 Å².